The Labute approximate surface area is 181 Å². The second-order valence-corrected chi connectivity index (χ2v) is 9.19. The van der Waals surface area contributed by atoms with Gasteiger partial charge in [-0.05, 0) is 47.0 Å². The van der Waals surface area contributed by atoms with Crippen LogP contribution < -0.4 is 0 Å². The highest BCUT2D eigenvalue weighted by Crippen LogP contribution is 2.38. The Morgan fingerprint density at radius 2 is 2.03 bits per heavy atom. The second kappa shape index (κ2) is 9.59. The van der Waals surface area contributed by atoms with Crippen molar-refractivity contribution < 1.29 is 9.59 Å². The van der Waals surface area contributed by atoms with Crippen molar-refractivity contribution in [2.24, 2.45) is 5.92 Å². The number of amides is 2. The predicted octanol–water partition coefficient (Wildman–Crippen LogP) is 4.94. The first-order valence-electron chi connectivity index (χ1n) is 9.90. The van der Waals surface area contributed by atoms with Gasteiger partial charge in [0.25, 0.3) is 0 Å². The Bertz CT molecular complexity index is 875. The van der Waals surface area contributed by atoms with Gasteiger partial charge in [0.15, 0.2) is 0 Å². The van der Waals surface area contributed by atoms with Gasteiger partial charge in [0, 0.05) is 29.4 Å². The number of benzene rings is 1. The van der Waals surface area contributed by atoms with Crippen LogP contribution in [0.2, 0.25) is 5.02 Å². The number of fused-ring (bicyclic) bond motifs is 1. The zero-order valence-electron chi connectivity index (χ0n) is 16.9. The third-order valence-electron chi connectivity index (χ3n) is 5.08. The van der Waals surface area contributed by atoms with Crippen molar-refractivity contribution >= 4 is 34.8 Å². The van der Waals surface area contributed by atoms with Crippen LogP contribution >= 0.6 is 22.9 Å². The third kappa shape index (κ3) is 5.09. The second-order valence-electron chi connectivity index (χ2n) is 7.75. The molecule has 1 atom stereocenters. The number of halogens is 1. The number of carbonyl (C=O) groups excluding carboxylic acids is 2. The van der Waals surface area contributed by atoms with Crippen molar-refractivity contribution in [2.75, 3.05) is 19.6 Å². The molecule has 1 aromatic heterocycles. The highest BCUT2D eigenvalue weighted by Gasteiger charge is 2.33. The molecule has 1 aliphatic rings. The van der Waals surface area contributed by atoms with Crippen molar-refractivity contribution in [1.29, 1.82) is 0 Å². The molecule has 1 aromatic carbocycles. The molecule has 0 N–H and O–H groups in total. The Morgan fingerprint density at radius 1 is 1.31 bits per heavy atom. The highest BCUT2D eigenvalue weighted by atomic mass is 35.5. The van der Waals surface area contributed by atoms with Crippen molar-refractivity contribution in [3.05, 3.63) is 69.4 Å². The Kier molecular flexibility index (Phi) is 7.14. The molecule has 1 unspecified atom stereocenters. The van der Waals surface area contributed by atoms with Gasteiger partial charge in [-0.25, -0.2) is 0 Å². The van der Waals surface area contributed by atoms with Crippen LogP contribution in [0.4, 0.5) is 0 Å². The van der Waals surface area contributed by atoms with Gasteiger partial charge in [-0.1, -0.05) is 43.7 Å². The average molecular weight is 431 g/mol. The molecular weight excluding hydrogens is 404 g/mol. The van der Waals surface area contributed by atoms with Gasteiger partial charge in [-0.15, -0.1) is 17.9 Å². The quantitative estimate of drug-likeness (QED) is 0.584. The fourth-order valence-electron chi connectivity index (χ4n) is 3.73. The molecule has 6 heteroatoms. The molecule has 154 valence electrons. The van der Waals surface area contributed by atoms with Crippen LogP contribution in [0.1, 0.15) is 42.3 Å². The number of hydrogen-bond acceptors (Lipinski definition) is 3. The molecule has 0 fully saturated rings. The number of carbonyl (C=O) groups is 2. The molecule has 2 aromatic rings. The van der Waals surface area contributed by atoms with E-state index in [1.807, 2.05) is 43.0 Å². The maximum atomic E-state index is 13.3. The lowest BCUT2D eigenvalue weighted by Gasteiger charge is -2.37. The minimum absolute atomic E-state index is 0.00970. The van der Waals surface area contributed by atoms with Crippen LogP contribution in [0.5, 0.6) is 0 Å². The van der Waals surface area contributed by atoms with E-state index in [1.54, 1.807) is 22.3 Å². The molecule has 1 aliphatic heterocycles. The first kappa shape index (κ1) is 21.6. The minimum atomic E-state index is -0.152. The average Bonchev–Trinajstić information content (AvgIpc) is 3.16. The number of thiophene rings is 1. The van der Waals surface area contributed by atoms with E-state index in [2.05, 4.69) is 18.0 Å². The van der Waals surface area contributed by atoms with E-state index in [4.69, 9.17) is 11.6 Å². The minimum Gasteiger partial charge on any atom is -0.330 e. The van der Waals surface area contributed by atoms with Crippen LogP contribution in [0.15, 0.2) is 48.4 Å². The van der Waals surface area contributed by atoms with Crippen LogP contribution in [0, 0.1) is 5.92 Å². The normalized spacial score (nSPS) is 15.9. The Balaban J connectivity index is 1.86. The molecule has 0 saturated heterocycles. The summed E-state index contributed by atoms with van der Waals surface area (Å²) >= 11 is 7.81. The molecule has 0 saturated carbocycles. The van der Waals surface area contributed by atoms with Gasteiger partial charge in [-0.3, -0.25) is 9.59 Å². The van der Waals surface area contributed by atoms with Gasteiger partial charge in [0.1, 0.15) is 6.54 Å². The van der Waals surface area contributed by atoms with Crippen LogP contribution in [-0.4, -0.2) is 41.2 Å². The van der Waals surface area contributed by atoms with Crippen molar-refractivity contribution in [1.82, 2.24) is 9.80 Å². The molecule has 0 spiro atoms. The van der Waals surface area contributed by atoms with E-state index in [1.165, 1.54) is 10.4 Å². The topological polar surface area (TPSA) is 40.6 Å². The summed E-state index contributed by atoms with van der Waals surface area (Å²) in [5.74, 6) is 0.195. The molecule has 2 heterocycles. The molecule has 0 radical (unpaired) electrons. The molecule has 29 heavy (non-hydrogen) atoms. The lowest BCUT2D eigenvalue weighted by atomic mass is 9.93. The highest BCUT2D eigenvalue weighted by molar-refractivity contribution is 7.10. The summed E-state index contributed by atoms with van der Waals surface area (Å²) in [4.78, 5) is 30.8. The third-order valence-corrected chi connectivity index (χ3v) is 6.33. The van der Waals surface area contributed by atoms with E-state index in [0.29, 0.717) is 24.5 Å². The molecule has 0 aliphatic carbocycles. The van der Waals surface area contributed by atoms with Gasteiger partial charge >= 0.3 is 0 Å². The molecular formula is C23H27ClN2O2S. The SMILES string of the molecule is C=CCN(CC(=O)N1CCc2sccc2C1c1ccc(Cl)cc1)C(=O)CC(C)C. The standard InChI is InChI=1S/C23H27ClN2O2S/c1-4-11-25(21(27)14-16(2)3)15-22(28)26-12-9-20-19(10-13-29-20)23(26)17-5-7-18(24)8-6-17/h4-8,10,13,16,23H,1,9,11-12,14-15H2,2-3H3. The summed E-state index contributed by atoms with van der Waals surface area (Å²) in [5, 5.41) is 2.75. The number of rotatable bonds is 7. The van der Waals surface area contributed by atoms with Gasteiger partial charge < -0.3 is 9.80 Å². The molecule has 0 bridgehead atoms. The van der Waals surface area contributed by atoms with Crippen molar-refractivity contribution in [2.45, 2.75) is 32.7 Å². The smallest absolute Gasteiger partial charge is 0.243 e. The predicted molar refractivity (Wildman–Crippen MR) is 119 cm³/mol. The summed E-state index contributed by atoms with van der Waals surface area (Å²) in [5.41, 5.74) is 2.20. The van der Waals surface area contributed by atoms with E-state index in [-0.39, 0.29) is 30.3 Å². The largest absolute Gasteiger partial charge is 0.330 e. The number of nitrogens with zero attached hydrogens (tertiary/aromatic N) is 2. The molecule has 4 nitrogen and oxygen atoms in total. The van der Waals surface area contributed by atoms with E-state index >= 15 is 0 Å². The zero-order valence-corrected chi connectivity index (χ0v) is 18.5. The summed E-state index contributed by atoms with van der Waals surface area (Å²) in [6.45, 7) is 8.84. The summed E-state index contributed by atoms with van der Waals surface area (Å²) in [6.07, 6.45) is 2.94. The maximum Gasteiger partial charge on any atom is 0.243 e. The van der Waals surface area contributed by atoms with Gasteiger partial charge in [-0.2, -0.15) is 0 Å². The Hall–Kier alpha value is -2.11. The van der Waals surface area contributed by atoms with Gasteiger partial charge in [0.2, 0.25) is 11.8 Å². The lowest BCUT2D eigenvalue weighted by molar-refractivity contribution is -0.141. The van der Waals surface area contributed by atoms with Crippen LogP contribution in [0.3, 0.4) is 0 Å². The first-order chi connectivity index (χ1) is 13.9. The van der Waals surface area contributed by atoms with Gasteiger partial charge in [0.05, 0.1) is 6.04 Å². The van der Waals surface area contributed by atoms with Crippen molar-refractivity contribution in [3.8, 4) is 0 Å². The lowest BCUT2D eigenvalue weighted by Crippen LogP contribution is -2.47. The zero-order chi connectivity index (χ0) is 21.0. The van der Waals surface area contributed by atoms with Crippen LogP contribution in [0.25, 0.3) is 0 Å². The summed E-state index contributed by atoms with van der Waals surface area (Å²) in [6, 6.07) is 9.62. The molecule has 2 amide bonds. The van der Waals surface area contributed by atoms with E-state index in [9.17, 15) is 9.59 Å². The molecule has 3 rings (SSSR count). The summed E-state index contributed by atoms with van der Waals surface area (Å²) < 4.78 is 0. The first-order valence-corrected chi connectivity index (χ1v) is 11.2. The summed E-state index contributed by atoms with van der Waals surface area (Å²) in [7, 11) is 0. The Morgan fingerprint density at radius 3 is 2.69 bits per heavy atom. The van der Waals surface area contributed by atoms with Crippen molar-refractivity contribution in [3.63, 3.8) is 0 Å². The fraction of sp³-hybridized carbons (Fsp3) is 0.391. The van der Waals surface area contributed by atoms with Crippen LogP contribution in [-0.2, 0) is 16.0 Å². The number of hydrogen-bond donors (Lipinski definition) is 0. The van der Waals surface area contributed by atoms with E-state index in [0.717, 1.165) is 12.0 Å². The fourth-order valence-corrected chi connectivity index (χ4v) is 4.76. The monoisotopic (exact) mass is 430 g/mol. The van der Waals surface area contributed by atoms with E-state index < -0.39 is 0 Å². The maximum absolute atomic E-state index is 13.3.